The zero-order valence-electron chi connectivity index (χ0n) is 20.4. The summed E-state index contributed by atoms with van der Waals surface area (Å²) < 4.78 is 15.6. The van der Waals surface area contributed by atoms with Crippen molar-refractivity contribution in [2.24, 2.45) is 11.7 Å². The molecule has 6 nitrogen and oxygen atoms in total. The van der Waals surface area contributed by atoms with Gasteiger partial charge in [0.05, 0.1) is 16.1 Å². The number of carboxylic acids is 1. The SMILES string of the molecule is CCCCCC(C(=O)O)n1c(-c2ccc(Cl)cc2)nc2cc(F)c(Cl)cc21.NC(=O)C1CCCCC1. The van der Waals surface area contributed by atoms with Crippen LogP contribution in [0, 0.1) is 11.7 Å². The van der Waals surface area contributed by atoms with E-state index in [-0.39, 0.29) is 16.8 Å². The van der Waals surface area contributed by atoms with Gasteiger partial charge in [0, 0.05) is 22.6 Å². The van der Waals surface area contributed by atoms with Crippen LogP contribution in [0.15, 0.2) is 36.4 Å². The molecule has 1 saturated carbocycles. The van der Waals surface area contributed by atoms with Crippen molar-refractivity contribution in [1.82, 2.24) is 9.55 Å². The molecule has 3 aromatic rings. The highest BCUT2D eigenvalue weighted by Gasteiger charge is 2.26. The molecular formula is C27H32Cl2FN3O3. The first kappa shape index (κ1) is 27.9. The number of carbonyl (C=O) groups is 2. The molecule has 1 aliphatic carbocycles. The van der Waals surface area contributed by atoms with E-state index in [2.05, 4.69) is 11.9 Å². The van der Waals surface area contributed by atoms with Gasteiger partial charge < -0.3 is 15.4 Å². The second-order valence-electron chi connectivity index (χ2n) is 9.15. The van der Waals surface area contributed by atoms with E-state index in [1.165, 1.54) is 31.4 Å². The third kappa shape index (κ3) is 6.98. The Morgan fingerprint density at radius 1 is 1.14 bits per heavy atom. The summed E-state index contributed by atoms with van der Waals surface area (Å²) in [5.41, 5.74) is 6.69. The average Bonchev–Trinajstić information content (AvgIpc) is 3.21. The number of hydrogen-bond acceptors (Lipinski definition) is 3. The Kier molecular flexibility index (Phi) is 10.1. The summed E-state index contributed by atoms with van der Waals surface area (Å²) in [5.74, 6) is -1.00. The average molecular weight is 536 g/mol. The Morgan fingerprint density at radius 3 is 2.36 bits per heavy atom. The number of hydrogen-bond donors (Lipinski definition) is 2. The second kappa shape index (κ2) is 13.1. The van der Waals surface area contributed by atoms with Crippen LogP contribution in [0.2, 0.25) is 10.0 Å². The molecule has 1 fully saturated rings. The number of carboxylic acid groups (broad SMARTS) is 1. The number of primary amides is 1. The normalized spacial score (nSPS) is 14.8. The Hall–Kier alpha value is -2.64. The van der Waals surface area contributed by atoms with Crippen LogP contribution in [0.3, 0.4) is 0 Å². The molecule has 1 aliphatic rings. The molecule has 194 valence electrons. The minimum absolute atomic E-state index is 0.0657. The largest absolute Gasteiger partial charge is 0.480 e. The van der Waals surface area contributed by atoms with Gasteiger partial charge in [-0.3, -0.25) is 4.79 Å². The molecule has 1 aromatic heterocycles. The third-order valence-corrected chi connectivity index (χ3v) is 7.06. The van der Waals surface area contributed by atoms with Crippen LogP contribution in [-0.4, -0.2) is 26.5 Å². The summed E-state index contributed by atoms with van der Waals surface area (Å²) >= 11 is 11.9. The quantitative estimate of drug-likeness (QED) is 0.293. The van der Waals surface area contributed by atoms with Crippen molar-refractivity contribution in [3.63, 3.8) is 0 Å². The van der Waals surface area contributed by atoms with E-state index >= 15 is 0 Å². The monoisotopic (exact) mass is 535 g/mol. The van der Waals surface area contributed by atoms with Crippen molar-refractivity contribution in [1.29, 1.82) is 0 Å². The summed E-state index contributed by atoms with van der Waals surface area (Å²) in [4.78, 5) is 27.1. The van der Waals surface area contributed by atoms with Gasteiger partial charge in [0.1, 0.15) is 17.7 Å². The predicted molar refractivity (Wildman–Crippen MR) is 142 cm³/mol. The molecule has 0 spiro atoms. The molecule has 4 rings (SSSR count). The van der Waals surface area contributed by atoms with Gasteiger partial charge in [-0.15, -0.1) is 0 Å². The number of rotatable bonds is 8. The molecular weight excluding hydrogens is 504 g/mol. The molecule has 3 N–H and O–H groups in total. The number of unbranched alkanes of at least 4 members (excludes halogenated alkanes) is 2. The van der Waals surface area contributed by atoms with Crippen LogP contribution in [0.1, 0.15) is 70.8 Å². The number of carbonyl (C=O) groups excluding carboxylic acids is 1. The molecule has 1 amide bonds. The summed E-state index contributed by atoms with van der Waals surface area (Å²) in [5, 5.41) is 10.4. The van der Waals surface area contributed by atoms with Crippen LogP contribution in [0.4, 0.5) is 4.39 Å². The lowest BCUT2D eigenvalue weighted by atomic mass is 9.89. The Bertz CT molecular complexity index is 1190. The van der Waals surface area contributed by atoms with Gasteiger partial charge in [-0.05, 0) is 49.6 Å². The second-order valence-corrected chi connectivity index (χ2v) is 10.00. The molecule has 0 saturated heterocycles. The van der Waals surface area contributed by atoms with Crippen LogP contribution < -0.4 is 5.73 Å². The highest BCUT2D eigenvalue weighted by atomic mass is 35.5. The standard InChI is InChI=1S/C20H19Cl2FN2O2.C7H13NO/c1-2-3-4-5-17(20(26)27)25-18-10-14(22)15(23)11-16(18)24-19(25)12-6-8-13(21)9-7-12;8-7(9)6-4-2-1-3-5-6/h6-11,17H,2-5H2,1H3,(H,26,27);6H,1-5H2,(H2,8,9). The lowest BCUT2D eigenvalue weighted by molar-refractivity contribution is -0.141. The maximum absolute atomic E-state index is 13.9. The number of amides is 1. The highest BCUT2D eigenvalue weighted by molar-refractivity contribution is 6.31. The van der Waals surface area contributed by atoms with Crippen molar-refractivity contribution in [2.45, 2.75) is 70.8 Å². The number of nitrogens with zero attached hydrogens (tertiary/aromatic N) is 2. The van der Waals surface area contributed by atoms with E-state index in [0.717, 1.165) is 32.1 Å². The fraction of sp³-hybridized carbons (Fsp3) is 0.444. The van der Waals surface area contributed by atoms with Crippen molar-refractivity contribution in [2.75, 3.05) is 0 Å². The maximum atomic E-state index is 13.9. The molecule has 1 atom stereocenters. The fourth-order valence-corrected chi connectivity index (χ4v) is 4.83. The van der Waals surface area contributed by atoms with Crippen molar-refractivity contribution in [3.8, 4) is 11.4 Å². The van der Waals surface area contributed by atoms with E-state index in [9.17, 15) is 19.1 Å². The number of fused-ring (bicyclic) bond motifs is 1. The van der Waals surface area contributed by atoms with E-state index in [1.807, 2.05) is 0 Å². The summed E-state index contributed by atoms with van der Waals surface area (Å²) in [6, 6.07) is 8.80. The molecule has 9 heteroatoms. The maximum Gasteiger partial charge on any atom is 0.326 e. The summed E-state index contributed by atoms with van der Waals surface area (Å²) in [6.45, 7) is 2.06. The van der Waals surface area contributed by atoms with Gasteiger partial charge in [0.15, 0.2) is 0 Å². The van der Waals surface area contributed by atoms with Crippen LogP contribution in [-0.2, 0) is 9.59 Å². The summed E-state index contributed by atoms with van der Waals surface area (Å²) in [6.07, 6.45) is 8.84. The number of aromatic nitrogens is 2. The van der Waals surface area contributed by atoms with Gasteiger partial charge in [0.25, 0.3) is 0 Å². The molecule has 2 aromatic carbocycles. The summed E-state index contributed by atoms with van der Waals surface area (Å²) in [7, 11) is 0. The molecule has 0 radical (unpaired) electrons. The van der Waals surface area contributed by atoms with Crippen LogP contribution >= 0.6 is 23.2 Å². The molecule has 36 heavy (non-hydrogen) atoms. The smallest absolute Gasteiger partial charge is 0.326 e. The van der Waals surface area contributed by atoms with E-state index in [0.29, 0.717) is 33.9 Å². The molecule has 0 bridgehead atoms. The van der Waals surface area contributed by atoms with Gasteiger partial charge in [-0.1, -0.05) is 68.7 Å². The van der Waals surface area contributed by atoms with Gasteiger partial charge >= 0.3 is 5.97 Å². The molecule has 0 aliphatic heterocycles. The first-order valence-electron chi connectivity index (χ1n) is 12.4. The Labute approximate surface area is 220 Å². The number of imidazole rings is 1. The van der Waals surface area contributed by atoms with Gasteiger partial charge in [-0.2, -0.15) is 0 Å². The predicted octanol–water partition coefficient (Wildman–Crippen LogP) is 7.41. The minimum Gasteiger partial charge on any atom is -0.480 e. The van der Waals surface area contributed by atoms with Gasteiger partial charge in [0.2, 0.25) is 5.91 Å². The molecule has 1 heterocycles. The number of aliphatic carboxylic acids is 1. The zero-order chi connectivity index (χ0) is 26.2. The topological polar surface area (TPSA) is 98.2 Å². The van der Waals surface area contributed by atoms with E-state index in [4.69, 9.17) is 28.9 Å². The zero-order valence-corrected chi connectivity index (χ0v) is 21.9. The third-order valence-electron chi connectivity index (χ3n) is 6.52. The first-order valence-corrected chi connectivity index (χ1v) is 13.1. The number of halogens is 3. The van der Waals surface area contributed by atoms with Crippen molar-refractivity contribution in [3.05, 3.63) is 52.3 Å². The minimum atomic E-state index is -0.957. The highest BCUT2D eigenvalue weighted by Crippen LogP contribution is 2.34. The van der Waals surface area contributed by atoms with E-state index < -0.39 is 17.8 Å². The lowest BCUT2D eigenvalue weighted by Crippen LogP contribution is -2.24. The first-order chi connectivity index (χ1) is 17.2. The number of benzene rings is 2. The molecule has 1 unspecified atom stereocenters. The Morgan fingerprint density at radius 2 is 1.81 bits per heavy atom. The lowest BCUT2D eigenvalue weighted by Gasteiger charge is -2.18. The van der Waals surface area contributed by atoms with Crippen molar-refractivity contribution < 1.29 is 19.1 Å². The van der Waals surface area contributed by atoms with Gasteiger partial charge in [-0.25, -0.2) is 14.2 Å². The number of nitrogens with two attached hydrogens (primary N) is 1. The van der Waals surface area contributed by atoms with E-state index in [1.54, 1.807) is 28.8 Å². The van der Waals surface area contributed by atoms with Crippen molar-refractivity contribution >= 4 is 46.1 Å². The fourth-order valence-electron chi connectivity index (χ4n) is 4.55. The van der Waals surface area contributed by atoms with Crippen LogP contribution in [0.5, 0.6) is 0 Å². The van der Waals surface area contributed by atoms with Crippen LogP contribution in [0.25, 0.3) is 22.4 Å². The Balaban J connectivity index is 0.000000338.